The summed E-state index contributed by atoms with van der Waals surface area (Å²) in [5, 5.41) is 5.54. The average Bonchev–Trinajstić information content (AvgIpc) is 3.01. The Hall–Kier alpha value is -2.11. The summed E-state index contributed by atoms with van der Waals surface area (Å²) in [5.74, 6) is 0.526. The summed E-state index contributed by atoms with van der Waals surface area (Å²) in [6, 6.07) is 7.72. The molecular formula is C23H23IN2O4S2. The number of halogens is 1. The first-order valence-corrected chi connectivity index (χ1v) is 12.2. The molecule has 1 aliphatic heterocycles. The van der Waals surface area contributed by atoms with Crippen LogP contribution in [0.3, 0.4) is 0 Å². The predicted molar refractivity (Wildman–Crippen MR) is 141 cm³/mol. The lowest BCUT2D eigenvalue weighted by Crippen LogP contribution is -2.22. The number of hydrogen-bond acceptors (Lipinski definition) is 6. The number of rotatable bonds is 7. The van der Waals surface area contributed by atoms with E-state index in [4.69, 9.17) is 21.7 Å². The third kappa shape index (κ3) is 6.02. The van der Waals surface area contributed by atoms with Gasteiger partial charge in [-0.15, -0.1) is 0 Å². The minimum absolute atomic E-state index is 0.157. The molecule has 0 atom stereocenters. The zero-order chi connectivity index (χ0) is 23.4. The van der Waals surface area contributed by atoms with Gasteiger partial charge in [0.05, 0.1) is 15.1 Å². The maximum Gasteiger partial charge on any atom is 0.263 e. The molecule has 2 aromatic rings. The van der Waals surface area contributed by atoms with Gasteiger partial charge in [0.15, 0.2) is 18.1 Å². The molecular weight excluding hydrogens is 559 g/mol. The van der Waals surface area contributed by atoms with Crippen LogP contribution in [0.5, 0.6) is 11.5 Å². The van der Waals surface area contributed by atoms with E-state index in [1.165, 1.54) is 11.8 Å². The Morgan fingerprint density at radius 3 is 2.47 bits per heavy atom. The first-order chi connectivity index (χ1) is 15.2. The SMILES string of the molecule is CCOc1cc(/C=C2\SC(=S)NC2=O)cc(I)c1OCC(=O)Nc1c(C)cc(C)cc1C. The molecule has 0 unspecified atom stereocenters. The molecule has 6 nitrogen and oxygen atoms in total. The summed E-state index contributed by atoms with van der Waals surface area (Å²) >= 11 is 8.39. The second-order valence-electron chi connectivity index (χ2n) is 7.23. The number of hydrogen-bond donors (Lipinski definition) is 2. The van der Waals surface area contributed by atoms with Crippen molar-refractivity contribution in [2.24, 2.45) is 0 Å². The minimum Gasteiger partial charge on any atom is -0.490 e. The van der Waals surface area contributed by atoms with Gasteiger partial charge in [0.25, 0.3) is 11.8 Å². The van der Waals surface area contributed by atoms with Crippen molar-refractivity contribution in [2.75, 3.05) is 18.5 Å². The first kappa shape index (κ1) is 24.5. The number of thiocarbonyl (C=S) groups is 1. The topological polar surface area (TPSA) is 76.7 Å². The van der Waals surface area contributed by atoms with Gasteiger partial charge in [0, 0.05) is 5.69 Å². The van der Waals surface area contributed by atoms with Crippen molar-refractivity contribution < 1.29 is 19.1 Å². The Labute approximate surface area is 210 Å². The zero-order valence-corrected chi connectivity index (χ0v) is 21.9. The fraction of sp³-hybridized carbons (Fsp3) is 0.261. The lowest BCUT2D eigenvalue weighted by Gasteiger charge is -2.16. The summed E-state index contributed by atoms with van der Waals surface area (Å²) in [4.78, 5) is 25.0. The largest absolute Gasteiger partial charge is 0.490 e. The zero-order valence-electron chi connectivity index (χ0n) is 18.1. The second kappa shape index (κ2) is 10.7. The highest BCUT2D eigenvalue weighted by Crippen LogP contribution is 2.36. The van der Waals surface area contributed by atoms with E-state index >= 15 is 0 Å². The number of carbonyl (C=O) groups is 2. The highest BCUT2D eigenvalue weighted by Gasteiger charge is 2.23. The standard InChI is InChI=1S/C23H23IN2O4S2/c1-5-29-17-9-15(10-18-22(28)26-23(31)32-18)8-16(24)21(17)30-11-19(27)25-20-13(3)6-12(2)7-14(20)4/h6-10H,5,11H2,1-4H3,(H,25,27)(H,26,28,31)/b18-10-. The molecule has 0 spiro atoms. The van der Waals surface area contributed by atoms with Crippen LogP contribution in [0.1, 0.15) is 29.2 Å². The molecule has 2 amide bonds. The van der Waals surface area contributed by atoms with Gasteiger partial charge in [-0.2, -0.15) is 0 Å². The Bertz CT molecular complexity index is 1110. The van der Waals surface area contributed by atoms with E-state index in [9.17, 15) is 9.59 Å². The summed E-state index contributed by atoms with van der Waals surface area (Å²) in [7, 11) is 0. The van der Waals surface area contributed by atoms with E-state index < -0.39 is 0 Å². The monoisotopic (exact) mass is 582 g/mol. The second-order valence-corrected chi connectivity index (χ2v) is 10.1. The Kier molecular flexibility index (Phi) is 8.18. The van der Waals surface area contributed by atoms with Crippen molar-refractivity contribution in [3.63, 3.8) is 0 Å². The van der Waals surface area contributed by atoms with Crippen LogP contribution >= 0.6 is 46.6 Å². The average molecular weight is 582 g/mol. The van der Waals surface area contributed by atoms with Crippen LogP contribution in [-0.2, 0) is 9.59 Å². The molecule has 0 bridgehead atoms. The molecule has 1 saturated heterocycles. The van der Waals surface area contributed by atoms with Crippen molar-refractivity contribution in [3.05, 3.63) is 55.0 Å². The normalized spacial score (nSPS) is 14.5. The fourth-order valence-electron chi connectivity index (χ4n) is 3.34. The Morgan fingerprint density at radius 1 is 1.19 bits per heavy atom. The highest BCUT2D eigenvalue weighted by molar-refractivity contribution is 14.1. The van der Waals surface area contributed by atoms with Crippen LogP contribution in [0.2, 0.25) is 0 Å². The maximum atomic E-state index is 12.6. The number of benzene rings is 2. The Morgan fingerprint density at radius 2 is 1.88 bits per heavy atom. The molecule has 2 aromatic carbocycles. The molecule has 1 aliphatic rings. The molecule has 3 rings (SSSR count). The van der Waals surface area contributed by atoms with Gasteiger partial charge in [-0.3, -0.25) is 9.59 Å². The van der Waals surface area contributed by atoms with Gasteiger partial charge in [0.2, 0.25) is 0 Å². The quantitative estimate of drug-likeness (QED) is 0.268. The minimum atomic E-state index is -0.253. The van der Waals surface area contributed by atoms with Gasteiger partial charge < -0.3 is 20.1 Å². The smallest absolute Gasteiger partial charge is 0.263 e. The van der Waals surface area contributed by atoms with Gasteiger partial charge in [-0.25, -0.2) is 0 Å². The van der Waals surface area contributed by atoms with Crippen LogP contribution < -0.4 is 20.1 Å². The van der Waals surface area contributed by atoms with Crippen molar-refractivity contribution in [3.8, 4) is 11.5 Å². The van der Waals surface area contributed by atoms with Gasteiger partial charge >= 0.3 is 0 Å². The molecule has 0 aliphatic carbocycles. The number of carbonyl (C=O) groups excluding carboxylic acids is 2. The van der Waals surface area contributed by atoms with Crippen LogP contribution in [0.15, 0.2) is 29.2 Å². The maximum absolute atomic E-state index is 12.6. The third-order valence-corrected chi connectivity index (χ3v) is 6.52. The molecule has 168 valence electrons. The van der Waals surface area contributed by atoms with E-state index in [0.29, 0.717) is 27.3 Å². The number of anilines is 1. The number of nitrogens with one attached hydrogen (secondary N) is 2. The number of amides is 2. The third-order valence-electron chi connectivity index (χ3n) is 4.56. The number of aryl methyl sites for hydroxylation is 3. The van der Waals surface area contributed by atoms with Crippen LogP contribution in [0.25, 0.3) is 6.08 Å². The molecule has 0 saturated carbocycles. The molecule has 9 heteroatoms. The summed E-state index contributed by atoms with van der Waals surface area (Å²) < 4.78 is 12.8. The number of ether oxygens (including phenoxy) is 2. The highest BCUT2D eigenvalue weighted by atomic mass is 127. The van der Waals surface area contributed by atoms with Crippen LogP contribution in [0.4, 0.5) is 5.69 Å². The molecule has 2 N–H and O–H groups in total. The van der Waals surface area contributed by atoms with E-state index in [1.807, 2.05) is 45.9 Å². The molecule has 1 fully saturated rings. The van der Waals surface area contributed by atoms with Gasteiger partial charge in [-0.05, 0) is 85.2 Å². The van der Waals surface area contributed by atoms with Crippen molar-refractivity contribution in [1.29, 1.82) is 0 Å². The lowest BCUT2D eigenvalue weighted by molar-refractivity contribution is -0.118. The van der Waals surface area contributed by atoms with E-state index in [1.54, 1.807) is 12.1 Å². The predicted octanol–water partition coefficient (Wildman–Crippen LogP) is 5.12. The lowest BCUT2D eigenvalue weighted by atomic mass is 10.1. The fourth-order valence-corrected chi connectivity index (χ4v) is 5.16. The molecule has 0 aromatic heterocycles. The van der Waals surface area contributed by atoms with Crippen molar-refractivity contribution in [2.45, 2.75) is 27.7 Å². The van der Waals surface area contributed by atoms with E-state index in [2.05, 4.69) is 33.2 Å². The number of thioether (sulfide) groups is 1. The summed E-state index contributed by atoms with van der Waals surface area (Å²) in [6.07, 6.45) is 1.75. The van der Waals surface area contributed by atoms with E-state index in [-0.39, 0.29) is 18.4 Å². The van der Waals surface area contributed by atoms with Crippen LogP contribution in [-0.4, -0.2) is 29.3 Å². The first-order valence-electron chi connectivity index (χ1n) is 9.89. The van der Waals surface area contributed by atoms with E-state index in [0.717, 1.165) is 31.5 Å². The van der Waals surface area contributed by atoms with Crippen molar-refractivity contribution >= 4 is 74.5 Å². The summed E-state index contributed by atoms with van der Waals surface area (Å²) in [6.45, 7) is 8.11. The van der Waals surface area contributed by atoms with Crippen LogP contribution in [0, 0.1) is 24.3 Å². The Balaban J connectivity index is 1.77. The van der Waals surface area contributed by atoms with Gasteiger partial charge in [0.1, 0.15) is 4.32 Å². The van der Waals surface area contributed by atoms with Crippen molar-refractivity contribution in [1.82, 2.24) is 5.32 Å². The molecule has 1 heterocycles. The molecule has 32 heavy (non-hydrogen) atoms. The summed E-state index contributed by atoms with van der Waals surface area (Å²) in [5.41, 5.74) is 4.74. The molecule has 0 radical (unpaired) electrons. The van der Waals surface area contributed by atoms with Gasteiger partial charge in [-0.1, -0.05) is 41.7 Å².